The van der Waals surface area contributed by atoms with Crippen molar-refractivity contribution in [3.8, 4) is 0 Å². The summed E-state index contributed by atoms with van der Waals surface area (Å²) in [6, 6.07) is 5.52. The van der Waals surface area contributed by atoms with Gasteiger partial charge in [0.2, 0.25) is 0 Å². The second-order valence-electron chi connectivity index (χ2n) is 5.18. The lowest BCUT2D eigenvalue weighted by Gasteiger charge is -2.13. The Hall–Kier alpha value is -2.63. The third kappa shape index (κ3) is 2.18. The lowest BCUT2D eigenvalue weighted by molar-refractivity contribution is 0.621. The van der Waals surface area contributed by atoms with Gasteiger partial charge in [-0.3, -0.25) is 5.10 Å². The number of nitrogens with one attached hydrogen (secondary N) is 2. The Morgan fingerprint density at radius 2 is 1.86 bits per heavy atom. The van der Waals surface area contributed by atoms with Gasteiger partial charge in [-0.2, -0.15) is 5.10 Å². The van der Waals surface area contributed by atoms with Gasteiger partial charge in [-0.1, -0.05) is 12.1 Å². The molecule has 0 saturated carbocycles. The number of pyridine rings is 1. The van der Waals surface area contributed by atoms with Crippen molar-refractivity contribution in [3.63, 3.8) is 0 Å². The van der Waals surface area contributed by atoms with E-state index in [1.807, 2.05) is 26.0 Å². The lowest BCUT2D eigenvalue weighted by Crippen LogP contribution is -2.02. The summed E-state index contributed by atoms with van der Waals surface area (Å²) >= 11 is 0. The third-order valence-electron chi connectivity index (χ3n) is 3.55. The molecule has 108 valence electrons. The zero-order chi connectivity index (χ0) is 15.1. The van der Waals surface area contributed by atoms with Crippen LogP contribution >= 0.6 is 0 Å². The number of aromatic nitrogens is 3. The van der Waals surface area contributed by atoms with Crippen LogP contribution in [0.25, 0.3) is 11.0 Å². The van der Waals surface area contributed by atoms with Crippen LogP contribution in [0.3, 0.4) is 0 Å². The molecule has 0 spiro atoms. The second-order valence-corrected chi connectivity index (χ2v) is 5.18. The summed E-state index contributed by atoms with van der Waals surface area (Å²) in [5.41, 5.74) is 9.00. The molecule has 6 heteroatoms. The van der Waals surface area contributed by atoms with E-state index in [4.69, 9.17) is 5.73 Å². The van der Waals surface area contributed by atoms with Crippen LogP contribution in [0.2, 0.25) is 0 Å². The van der Waals surface area contributed by atoms with Crippen LogP contribution in [-0.2, 0) is 0 Å². The molecule has 1 aromatic carbocycles. The number of aryl methyl sites for hydroxylation is 3. The van der Waals surface area contributed by atoms with E-state index < -0.39 is 0 Å². The first-order valence-electron chi connectivity index (χ1n) is 6.61. The Labute approximate surface area is 121 Å². The predicted octanol–water partition coefficient (Wildman–Crippen LogP) is 3.35. The number of nitrogens with two attached hydrogens (primary N) is 1. The summed E-state index contributed by atoms with van der Waals surface area (Å²) in [6.45, 7) is 5.48. The van der Waals surface area contributed by atoms with E-state index in [1.165, 1.54) is 0 Å². The molecule has 0 saturated heterocycles. The topological polar surface area (TPSA) is 79.6 Å². The van der Waals surface area contributed by atoms with E-state index in [0.717, 1.165) is 16.5 Å². The number of halogens is 1. The van der Waals surface area contributed by atoms with E-state index in [-0.39, 0.29) is 5.82 Å². The van der Waals surface area contributed by atoms with Crippen molar-refractivity contribution in [2.45, 2.75) is 20.8 Å². The van der Waals surface area contributed by atoms with Gasteiger partial charge in [-0.15, -0.1) is 0 Å². The zero-order valence-corrected chi connectivity index (χ0v) is 12.1. The van der Waals surface area contributed by atoms with Crippen LogP contribution in [0.4, 0.5) is 21.7 Å². The average molecular weight is 285 g/mol. The SMILES string of the molecule is Cc1cc2c(N)[nH]nc2nc1Nc1c(C)ccc(C)c1F. The van der Waals surface area contributed by atoms with Crippen LogP contribution in [0.1, 0.15) is 16.7 Å². The maximum Gasteiger partial charge on any atom is 0.185 e. The van der Waals surface area contributed by atoms with Gasteiger partial charge in [-0.25, -0.2) is 9.37 Å². The maximum absolute atomic E-state index is 14.3. The minimum Gasteiger partial charge on any atom is -0.384 e. The fourth-order valence-electron chi connectivity index (χ4n) is 2.24. The van der Waals surface area contributed by atoms with Crippen molar-refractivity contribution < 1.29 is 4.39 Å². The van der Waals surface area contributed by atoms with Gasteiger partial charge in [0.25, 0.3) is 0 Å². The standard InChI is InChI=1S/C15H16FN5/c1-7-4-5-8(2)12(11(7)16)18-14-9(3)6-10-13(17)20-21-15(10)19-14/h4-6H,1-3H3,(H4,17,18,19,20,21). The summed E-state index contributed by atoms with van der Waals surface area (Å²) in [5.74, 6) is 0.782. The number of anilines is 3. The van der Waals surface area contributed by atoms with Gasteiger partial charge in [0, 0.05) is 0 Å². The maximum atomic E-state index is 14.3. The van der Waals surface area contributed by atoms with Crippen LogP contribution in [0, 0.1) is 26.6 Å². The summed E-state index contributed by atoms with van der Waals surface area (Å²) in [7, 11) is 0. The molecule has 3 rings (SSSR count). The Morgan fingerprint density at radius 1 is 1.14 bits per heavy atom. The first-order chi connectivity index (χ1) is 9.97. The average Bonchev–Trinajstić information content (AvgIpc) is 2.80. The monoisotopic (exact) mass is 285 g/mol. The van der Waals surface area contributed by atoms with Gasteiger partial charge < -0.3 is 11.1 Å². The van der Waals surface area contributed by atoms with Crippen molar-refractivity contribution in [3.05, 3.63) is 40.7 Å². The number of fused-ring (bicyclic) bond motifs is 1. The number of hydrogen-bond acceptors (Lipinski definition) is 4. The molecule has 2 heterocycles. The molecule has 0 amide bonds. The fraction of sp³-hybridized carbons (Fsp3) is 0.200. The molecule has 0 aliphatic rings. The molecule has 0 unspecified atom stereocenters. The molecule has 0 radical (unpaired) electrons. The molecule has 3 aromatic rings. The molecule has 5 nitrogen and oxygen atoms in total. The van der Waals surface area contributed by atoms with E-state index in [1.54, 1.807) is 13.0 Å². The normalized spacial score (nSPS) is 11.0. The number of H-pyrrole nitrogens is 1. The number of nitrogens with zero attached hydrogens (tertiary/aromatic N) is 2. The Bertz CT molecular complexity index is 838. The quantitative estimate of drug-likeness (QED) is 0.674. The molecule has 2 aromatic heterocycles. The summed E-state index contributed by atoms with van der Waals surface area (Å²) < 4.78 is 14.3. The van der Waals surface area contributed by atoms with E-state index in [2.05, 4.69) is 20.5 Å². The van der Waals surface area contributed by atoms with Gasteiger partial charge in [0.05, 0.1) is 11.1 Å². The fourth-order valence-corrected chi connectivity index (χ4v) is 2.24. The highest BCUT2D eigenvalue weighted by Crippen LogP contribution is 2.29. The van der Waals surface area contributed by atoms with Crippen molar-refractivity contribution in [2.75, 3.05) is 11.1 Å². The first-order valence-corrected chi connectivity index (χ1v) is 6.61. The van der Waals surface area contributed by atoms with Gasteiger partial charge in [-0.05, 0) is 43.5 Å². The third-order valence-corrected chi connectivity index (χ3v) is 3.55. The Kier molecular flexibility index (Phi) is 3.01. The van der Waals surface area contributed by atoms with Crippen LogP contribution < -0.4 is 11.1 Å². The number of nitrogen functional groups attached to an aromatic ring is 1. The highest BCUT2D eigenvalue weighted by atomic mass is 19.1. The van der Waals surface area contributed by atoms with E-state index in [0.29, 0.717) is 28.5 Å². The lowest BCUT2D eigenvalue weighted by atomic mass is 10.1. The van der Waals surface area contributed by atoms with Crippen LogP contribution in [-0.4, -0.2) is 15.2 Å². The molecule has 4 N–H and O–H groups in total. The molecular formula is C15H16FN5. The Morgan fingerprint density at radius 3 is 2.62 bits per heavy atom. The number of rotatable bonds is 2. The molecule has 0 aliphatic carbocycles. The molecule has 0 atom stereocenters. The summed E-state index contributed by atoms with van der Waals surface area (Å²) in [4.78, 5) is 4.40. The number of aromatic amines is 1. The molecule has 0 fully saturated rings. The second kappa shape index (κ2) is 4.73. The van der Waals surface area contributed by atoms with Crippen molar-refractivity contribution in [1.29, 1.82) is 0 Å². The smallest absolute Gasteiger partial charge is 0.185 e. The van der Waals surface area contributed by atoms with Crippen LogP contribution in [0.15, 0.2) is 18.2 Å². The summed E-state index contributed by atoms with van der Waals surface area (Å²) in [5, 5.41) is 10.6. The highest BCUT2D eigenvalue weighted by Gasteiger charge is 2.13. The van der Waals surface area contributed by atoms with Crippen molar-refractivity contribution >= 4 is 28.4 Å². The van der Waals surface area contributed by atoms with E-state index >= 15 is 0 Å². The number of benzene rings is 1. The minimum atomic E-state index is -0.266. The molecule has 21 heavy (non-hydrogen) atoms. The largest absolute Gasteiger partial charge is 0.384 e. The summed E-state index contributed by atoms with van der Waals surface area (Å²) in [6.07, 6.45) is 0. The minimum absolute atomic E-state index is 0.266. The molecular weight excluding hydrogens is 269 g/mol. The number of hydrogen-bond donors (Lipinski definition) is 3. The van der Waals surface area contributed by atoms with E-state index in [9.17, 15) is 4.39 Å². The molecule has 0 aliphatic heterocycles. The van der Waals surface area contributed by atoms with Gasteiger partial charge in [0.1, 0.15) is 17.5 Å². The Balaban J connectivity index is 2.10. The van der Waals surface area contributed by atoms with Crippen molar-refractivity contribution in [1.82, 2.24) is 15.2 Å². The van der Waals surface area contributed by atoms with Gasteiger partial charge in [0.15, 0.2) is 5.65 Å². The first kappa shape index (κ1) is 13.4. The molecule has 0 bridgehead atoms. The van der Waals surface area contributed by atoms with Crippen LogP contribution in [0.5, 0.6) is 0 Å². The van der Waals surface area contributed by atoms with Crippen molar-refractivity contribution in [2.24, 2.45) is 0 Å². The predicted molar refractivity (Wildman–Crippen MR) is 82.2 cm³/mol. The van der Waals surface area contributed by atoms with Gasteiger partial charge >= 0.3 is 0 Å². The zero-order valence-electron chi connectivity index (χ0n) is 12.1. The highest BCUT2D eigenvalue weighted by molar-refractivity contribution is 5.88.